The van der Waals surface area contributed by atoms with Gasteiger partial charge in [0.2, 0.25) is 0 Å². The molecule has 0 amide bonds. The number of nitrogens with zero attached hydrogens (tertiary/aromatic N) is 1. The average molecular weight is 254 g/mol. The van der Waals surface area contributed by atoms with E-state index in [9.17, 15) is 8.78 Å². The van der Waals surface area contributed by atoms with Gasteiger partial charge < -0.3 is 14.6 Å². The molecule has 0 radical (unpaired) electrons. The molecule has 3 nitrogen and oxygen atoms in total. The monoisotopic (exact) mass is 254 g/mol. The predicted octanol–water partition coefficient (Wildman–Crippen LogP) is 2.87. The number of ether oxygens (including phenoxy) is 1. The Balaban J connectivity index is 2.25. The molecule has 0 unspecified atom stereocenters. The van der Waals surface area contributed by atoms with Gasteiger partial charge in [0.1, 0.15) is 5.75 Å². The Morgan fingerprint density at radius 1 is 1.33 bits per heavy atom. The lowest BCUT2D eigenvalue weighted by molar-refractivity contribution is -0.0497. The van der Waals surface area contributed by atoms with Crippen molar-refractivity contribution in [2.24, 2.45) is 0 Å². The van der Waals surface area contributed by atoms with Gasteiger partial charge in [0.25, 0.3) is 0 Å². The van der Waals surface area contributed by atoms with E-state index in [1.165, 1.54) is 0 Å². The van der Waals surface area contributed by atoms with Crippen LogP contribution in [0.2, 0.25) is 0 Å². The van der Waals surface area contributed by atoms with Gasteiger partial charge in [-0.15, -0.1) is 0 Å². The third-order valence-electron chi connectivity index (χ3n) is 2.79. The molecule has 18 heavy (non-hydrogen) atoms. The van der Waals surface area contributed by atoms with Crippen LogP contribution in [0.25, 0.3) is 10.9 Å². The maximum Gasteiger partial charge on any atom is 0.387 e. The summed E-state index contributed by atoms with van der Waals surface area (Å²) in [5.41, 5.74) is 2.05. The van der Waals surface area contributed by atoms with Gasteiger partial charge in [0.05, 0.1) is 0 Å². The van der Waals surface area contributed by atoms with E-state index in [1.54, 1.807) is 18.2 Å². The number of hydrogen-bond acceptors (Lipinski definition) is 2. The van der Waals surface area contributed by atoms with Crippen molar-refractivity contribution in [2.75, 3.05) is 20.6 Å². The Hall–Kier alpha value is -1.62. The van der Waals surface area contributed by atoms with E-state index >= 15 is 0 Å². The fraction of sp³-hybridized carbons (Fsp3) is 0.385. The van der Waals surface area contributed by atoms with E-state index in [4.69, 9.17) is 0 Å². The maximum absolute atomic E-state index is 12.2. The number of halogens is 2. The lowest BCUT2D eigenvalue weighted by Crippen LogP contribution is -2.14. The molecule has 2 aromatic rings. The predicted molar refractivity (Wildman–Crippen MR) is 67.2 cm³/mol. The molecule has 1 aromatic heterocycles. The maximum atomic E-state index is 12.2. The zero-order valence-corrected chi connectivity index (χ0v) is 10.4. The topological polar surface area (TPSA) is 28.3 Å². The average Bonchev–Trinajstić information content (AvgIpc) is 2.68. The molecule has 0 aliphatic heterocycles. The van der Waals surface area contributed by atoms with E-state index in [-0.39, 0.29) is 5.75 Å². The van der Waals surface area contributed by atoms with Crippen molar-refractivity contribution >= 4 is 10.9 Å². The number of alkyl halides is 2. The molecule has 1 heterocycles. The molecule has 0 aliphatic rings. The Labute approximate surface area is 104 Å². The van der Waals surface area contributed by atoms with Gasteiger partial charge in [0, 0.05) is 23.6 Å². The Morgan fingerprint density at radius 3 is 2.78 bits per heavy atom. The Bertz CT molecular complexity index is 523. The lowest BCUT2D eigenvalue weighted by atomic mass is 10.1. The summed E-state index contributed by atoms with van der Waals surface area (Å²) in [6.07, 6.45) is 2.78. The van der Waals surface area contributed by atoms with Gasteiger partial charge in [-0.3, -0.25) is 0 Å². The van der Waals surface area contributed by atoms with Crippen molar-refractivity contribution < 1.29 is 13.5 Å². The molecular weight excluding hydrogens is 238 g/mol. The third-order valence-corrected chi connectivity index (χ3v) is 2.79. The van der Waals surface area contributed by atoms with Crippen LogP contribution in [0.5, 0.6) is 5.75 Å². The third kappa shape index (κ3) is 2.98. The van der Waals surface area contributed by atoms with Crippen LogP contribution in [-0.2, 0) is 6.42 Å². The lowest BCUT2D eigenvalue weighted by Gasteiger charge is -2.08. The first-order valence-corrected chi connectivity index (χ1v) is 5.76. The minimum atomic E-state index is -2.79. The first kappa shape index (κ1) is 12.8. The van der Waals surface area contributed by atoms with E-state index in [2.05, 4.69) is 14.6 Å². The molecule has 0 bridgehead atoms. The van der Waals surface area contributed by atoms with Crippen LogP contribution in [0.3, 0.4) is 0 Å². The van der Waals surface area contributed by atoms with Gasteiger partial charge in [-0.1, -0.05) is 0 Å². The molecule has 98 valence electrons. The number of hydrogen-bond donors (Lipinski definition) is 1. The molecule has 0 atom stereocenters. The molecule has 2 rings (SSSR count). The number of benzene rings is 1. The van der Waals surface area contributed by atoms with E-state index in [0.29, 0.717) is 0 Å². The fourth-order valence-electron chi connectivity index (χ4n) is 1.88. The summed E-state index contributed by atoms with van der Waals surface area (Å²) < 4.78 is 28.7. The van der Waals surface area contributed by atoms with E-state index in [1.807, 2.05) is 20.3 Å². The fourth-order valence-corrected chi connectivity index (χ4v) is 1.88. The molecule has 5 heteroatoms. The minimum Gasteiger partial charge on any atom is -0.435 e. The van der Waals surface area contributed by atoms with Gasteiger partial charge in [0.15, 0.2) is 0 Å². The highest BCUT2D eigenvalue weighted by Crippen LogP contribution is 2.25. The number of rotatable bonds is 5. The molecule has 0 spiro atoms. The molecule has 0 fully saturated rings. The van der Waals surface area contributed by atoms with Gasteiger partial charge in [-0.2, -0.15) is 8.78 Å². The van der Waals surface area contributed by atoms with Crippen molar-refractivity contribution in [3.63, 3.8) is 0 Å². The van der Waals surface area contributed by atoms with Crippen molar-refractivity contribution in [1.82, 2.24) is 9.88 Å². The Morgan fingerprint density at radius 2 is 2.11 bits per heavy atom. The highest BCUT2D eigenvalue weighted by molar-refractivity contribution is 5.84. The van der Waals surface area contributed by atoms with Crippen molar-refractivity contribution in [1.29, 1.82) is 0 Å². The summed E-state index contributed by atoms with van der Waals surface area (Å²) in [6, 6.07) is 4.95. The second-order valence-electron chi connectivity index (χ2n) is 4.45. The van der Waals surface area contributed by atoms with Crippen LogP contribution >= 0.6 is 0 Å². The van der Waals surface area contributed by atoms with Crippen LogP contribution in [-0.4, -0.2) is 37.1 Å². The van der Waals surface area contributed by atoms with Crippen LogP contribution in [0, 0.1) is 0 Å². The van der Waals surface area contributed by atoms with Crippen molar-refractivity contribution in [3.05, 3.63) is 30.0 Å². The first-order valence-electron chi connectivity index (χ1n) is 5.76. The van der Waals surface area contributed by atoms with E-state index in [0.717, 1.165) is 29.4 Å². The van der Waals surface area contributed by atoms with E-state index < -0.39 is 6.61 Å². The number of likely N-dealkylation sites (N-methyl/N-ethyl adjacent to an activating group) is 1. The minimum absolute atomic E-state index is 0.197. The zero-order chi connectivity index (χ0) is 13.1. The van der Waals surface area contributed by atoms with Gasteiger partial charge in [-0.05, 0) is 44.3 Å². The summed E-state index contributed by atoms with van der Waals surface area (Å²) in [4.78, 5) is 5.21. The number of fused-ring (bicyclic) bond motifs is 1. The molecule has 1 aromatic carbocycles. The number of nitrogens with one attached hydrogen (secondary N) is 1. The number of H-pyrrole nitrogens is 1. The van der Waals surface area contributed by atoms with Crippen LogP contribution in [0.15, 0.2) is 24.4 Å². The molecule has 0 saturated carbocycles. The number of aromatic nitrogens is 1. The van der Waals surface area contributed by atoms with Crippen LogP contribution in [0.4, 0.5) is 8.78 Å². The SMILES string of the molecule is CN(C)CCc1c[nH]c2ccc(OC(F)F)cc12. The largest absolute Gasteiger partial charge is 0.435 e. The molecule has 0 aliphatic carbocycles. The highest BCUT2D eigenvalue weighted by Gasteiger charge is 2.08. The van der Waals surface area contributed by atoms with Crippen LogP contribution in [0.1, 0.15) is 5.56 Å². The van der Waals surface area contributed by atoms with Crippen molar-refractivity contribution in [3.8, 4) is 5.75 Å². The van der Waals surface area contributed by atoms with Crippen LogP contribution < -0.4 is 4.74 Å². The second kappa shape index (κ2) is 5.35. The molecule has 0 saturated heterocycles. The standard InChI is InChI=1S/C13H16F2N2O/c1-17(2)6-5-9-8-16-12-4-3-10(7-11(9)12)18-13(14)15/h3-4,7-8,13,16H,5-6H2,1-2H3. The zero-order valence-electron chi connectivity index (χ0n) is 10.4. The number of aromatic amines is 1. The summed E-state index contributed by atoms with van der Waals surface area (Å²) in [5, 5.41) is 0.940. The normalized spacial score (nSPS) is 11.7. The smallest absolute Gasteiger partial charge is 0.387 e. The summed E-state index contributed by atoms with van der Waals surface area (Å²) in [5.74, 6) is 0.197. The summed E-state index contributed by atoms with van der Waals surface area (Å²) in [7, 11) is 4.00. The highest BCUT2D eigenvalue weighted by atomic mass is 19.3. The summed E-state index contributed by atoms with van der Waals surface area (Å²) in [6.45, 7) is -1.88. The molecule has 1 N–H and O–H groups in total. The summed E-state index contributed by atoms with van der Waals surface area (Å²) >= 11 is 0. The first-order chi connectivity index (χ1) is 8.56. The Kier molecular flexibility index (Phi) is 3.81. The van der Waals surface area contributed by atoms with Gasteiger partial charge >= 0.3 is 6.61 Å². The quantitative estimate of drug-likeness (QED) is 0.888. The second-order valence-corrected chi connectivity index (χ2v) is 4.45. The van der Waals surface area contributed by atoms with Gasteiger partial charge in [-0.25, -0.2) is 0 Å². The van der Waals surface area contributed by atoms with Crippen molar-refractivity contribution in [2.45, 2.75) is 13.0 Å². The molecular formula is C13H16F2N2O.